The number of nitrogens with zero attached hydrogens (tertiary/aromatic N) is 3. The molecule has 8 heteroatoms. The van der Waals surface area contributed by atoms with Crippen LogP contribution in [0.5, 0.6) is 0 Å². The van der Waals surface area contributed by atoms with Crippen LogP contribution in [0, 0.1) is 5.92 Å². The number of aromatic nitrogens is 4. The maximum absolute atomic E-state index is 12.1. The summed E-state index contributed by atoms with van der Waals surface area (Å²) in [6.07, 6.45) is 4.33. The van der Waals surface area contributed by atoms with Crippen molar-refractivity contribution in [1.82, 2.24) is 25.9 Å². The number of carbonyl (C=O) groups excluding carboxylic acids is 1. The molecule has 1 amide bonds. The lowest BCUT2D eigenvalue weighted by Crippen LogP contribution is -2.34. The molecule has 3 atom stereocenters. The van der Waals surface area contributed by atoms with Crippen LogP contribution in [0.25, 0.3) is 0 Å². The van der Waals surface area contributed by atoms with E-state index >= 15 is 0 Å². The SMILES string of the molecule is CCCC(NC(=O)C1CCC(N)C1)c1nn[nH]n1.Cl. The van der Waals surface area contributed by atoms with Gasteiger partial charge >= 0.3 is 0 Å². The first kappa shape index (κ1) is 15.8. The van der Waals surface area contributed by atoms with Crippen LogP contribution in [0.4, 0.5) is 0 Å². The van der Waals surface area contributed by atoms with E-state index in [1.54, 1.807) is 0 Å². The van der Waals surface area contributed by atoms with Crippen molar-refractivity contribution in [3.63, 3.8) is 0 Å². The summed E-state index contributed by atoms with van der Waals surface area (Å²) in [4.78, 5) is 12.1. The van der Waals surface area contributed by atoms with Gasteiger partial charge in [0.25, 0.3) is 0 Å². The van der Waals surface area contributed by atoms with Gasteiger partial charge in [-0.05, 0) is 25.7 Å². The standard InChI is InChI=1S/C11H20N6O.ClH/c1-2-3-9(10-14-16-17-15-10)13-11(18)7-4-5-8(12)6-7;/h7-9H,2-6,12H2,1H3,(H,13,18)(H,14,15,16,17);1H. The van der Waals surface area contributed by atoms with Crippen LogP contribution in [-0.2, 0) is 4.79 Å². The molecule has 1 fully saturated rings. The highest BCUT2D eigenvalue weighted by atomic mass is 35.5. The Morgan fingerprint density at radius 2 is 2.37 bits per heavy atom. The van der Waals surface area contributed by atoms with E-state index in [0.29, 0.717) is 5.82 Å². The van der Waals surface area contributed by atoms with Crippen LogP contribution in [0.2, 0.25) is 0 Å². The van der Waals surface area contributed by atoms with Gasteiger partial charge in [0, 0.05) is 12.0 Å². The Hall–Kier alpha value is -1.21. The first-order valence-electron chi connectivity index (χ1n) is 6.50. The van der Waals surface area contributed by atoms with E-state index in [4.69, 9.17) is 5.73 Å². The van der Waals surface area contributed by atoms with Crippen molar-refractivity contribution in [3.05, 3.63) is 5.82 Å². The van der Waals surface area contributed by atoms with Gasteiger partial charge in [-0.25, -0.2) is 0 Å². The van der Waals surface area contributed by atoms with Gasteiger partial charge in [0.1, 0.15) is 0 Å². The summed E-state index contributed by atoms with van der Waals surface area (Å²) in [5.74, 6) is 0.643. The third-order valence-corrected chi connectivity index (χ3v) is 3.41. The lowest BCUT2D eigenvalue weighted by Gasteiger charge is -2.17. The fraction of sp³-hybridized carbons (Fsp3) is 0.818. The number of nitrogens with two attached hydrogens (primary N) is 1. The van der Waals surface area contributed by atoms with Gasteiger partial charge < -0.3 is 11.1 Å². The predicted molar refractivity (Wildman–Crippen MR) is 72.5 cm³/mol. The third-order valence-electron chi connectivity index (χ3n) is 3.41. The molecule has 3 unspecified atom stereocenters. The molecule has 0 aliphatic heterocycles. The highest BCUT2D eigenvalue weighted by molar-refractivity contribution is 5.85. The Bertz CT molecular complexity index is 385. The number of rotatable bonds is 5. The molecule has 2 rings (SSSR count). The molecule has 1 aromatic rings. The molecule has 1 heterocycles. The second-order valence-electron chi connectivity index (χ2n) is 4.89. The Morgan fingerprint density at radius 3 is 2.89 bits per heavy atom. The molecule has 7 nitrogen and oxygen atoms in total. The molecule has 19 heavy (non-hydrogen) atoms. The average molecular weight is 289 g/mol. The molecule has 0 radical (unpaired) electrons. The highest BCUT2D eigenvalue weighted by Crippen LogP contribution is 2.25. The summed E-state index contributed by atoms with van der Waals surface area (Å²) in [6.45, 7) is 2.06. The average Bonchev–Trinajstić information content (AvgIpc) is 2.98. The van der Waals surface area contributed by atoms with Gasteiger partial charge in [-0.2, -0.15) is 5.21 Å². The minimum absolute atomic E-state index is 0. The fourth-order valence-corrected chi connectivity index (χ4v) is 2.42. The normalized spacial score (nSPS) is 23.7. The number of nitrogens with one attached hydrogen (secondary N) is 2. The van der Waals surface area contributed by atoms with Crippen LogP contribution >= 0.6 is 12.4 Å². The summed E-state index contributed by atoms with van der Waals surface area (Å²) in [6, 6.07) is 0.00799. The summed E-state index contributed by atoms with van der Waals surface area (Å²) in [5, 5.41) is 16.8. The summed E-state index contributed by atoms with van der Waals surface area (Å²) in [7, 11) is 0. The van der Waals surface area contributed by atoms with E-state index in [9.17, 15) is 4.79 Å². The van der Waals surface area contributed by atoms with E-state index in [1.165, 1.54) is 0 Å². The van der Waals surface area contributed by atoms with Gasteiger partial charge in [-0.1, -0.05) is 18.6 Å². The molecule has 0 aromatic carbocycles. The van der Waals surface area contributed by atoms with E-state index in [1.807, 2.05) is 0 Å². The summed E-state index contributed by atoms with van der Waals surface area (Å²) >= 11 is 0. The second kappa shape index (κ2) is 7.40. The number of hydrogen-bond acceptors (Lipinski definition) is 5. The zero-order valence-corrected chi connectivity index (χ0v) is 11.8. The van der Waals surface area contributed by atoms with Crippen molar-refractivity contribution < 1.29 is 4.79 Å². The number of tetrazole rings is 1. The van der Waals surface area contributed by atoms with Gasteiger partial charge in [-0.15, -0.1) is 22.6 Å². The van der Waals surface area contributed by atoms with Crippen molar-refractivity contribution in [3.8, 4) is 0 Å². The molecular weight excluding hydrogens is 268 g/mol. The van der Waals surface area contributed by atoms with Crippen molar-refractivity contribution in [2.24, 2.45) is 11.7 Å². The second-order valence-corrected chi connectivity index (χ2v) is 4.89. The maximum Gasteiger partial charge on any atom is 0.223 e. The Labute approximate surface area is 118 Å². The van der Waals surface area contributed by atoms with Crippen LogP contribution in [0.1, 0.15) is 50.9 Å². The molecule has 4 N–H and O–H groups in total. The maximum atomic E-state index is 12.1. The number of aromatic amines is 1. The quantitative estimate of drug-likeness (QED) is 0.739. The van der Waals surface area contributed by atoms with Gasteiger partial charge in [0.05, 0.1) is 6.04 Å². The number of carbonyl (C=O) groups is 1. The van der Waals surface area contributed by atoms with Crippen molar-refractivity contribution in [2.45, 2.75) is 51.1 Å². The molecule has 1 aliphatic carbocycles. The van der Waals surface area contributed by atoms with Gasteiger partial charge in [0.2, 0.25) is 5.91 Å². The molecule has 108 valence electrons. The minimum Gasteiger partial charge on any atom is -0.346 e. The first-order valence-corrected chi connectivity index (χ1v) is 6.50. The van der Waals surface area contributed by atoms with Crippen LogP contribution < -0.4 is 11.1 Å². The molecule has 1 aromatic heterocycles. The first-order chi connectivity index (χ1) is 8.70. The molecule has 0 bridgehead atoms. The van der Waals surface area contributed by atoms with Crippen molar-refractivity contribution in [2.75, 3.05) is 0 Å². The molecule has 1 saturated carbocycles. The van der Waals surface area contributed by atoms with E-state index in [0.717, 1.165) is 32.1 Å². The van der Waals surface area contributed by atoms with Crippen molar-refractivity contribution >= 4 is 18.3 Å². The molecular formula is C11H21ClN6O. The largest absolute Gasteiger partial charge is 0.346 e. The smallest absolute Gasteiger partial charge is 0.223 e. The van der Waals surface area contributed by atoms with E-state index in [2.05, 4.69) is 32.9 Å². The summed E-state index contributed by atoms with van der Waals surface area (Å²) < 4.78 is 0. The minimum atomic E-state index is -0.155. The Morgan fingerprint density at radius 1 is 1.58 bits per heavy atom. The van der Waals surface area contributed by atoms with E-state index in [-0.39, 0.29) is 36.3 Å². The lowest BCUT2D eigenvalue weighted by molar-refractivity contribution is -0.125. The van der Waals surface area contributed by atoms with Crippen LogP contribution in [0.3, 0.4) is 0 Å². The Kier molecular flexibility index (Phi) is 6.17. The lowest BCUT2D eigenvalue weighted by atomic mass is 10.1. The van der Waals surface area contributed by atoms with Gasteiger partial charge in [0.15, 0.2) is 5.82 Å². The summed E-state index contributed by atoms with van der Waals surface area (Å²) in [5.41, 5.74) is 5.83. The predicted octanol–water partition coefficient (Wildman–Crippen LogP) is 0.706. The number of halogens is 1. The zero-order valence-electron chi connectivity index (χ0n) is 11.0. The highest BCUT2D eigenvalue weighted by Gasteiger charge is 2.29. The fourth-order valence-electron chi connectivity index (χ4n) is 2.42. The number of amides is 1. The zero-order chi connectivity index (χ0) is 13.0. The van der Waals surface area contributed by atoms with Crippen molar-refractivity contribution in [1.29, 1.82) is 0 Å². The van der Waals surface area contributed by atoms with E-state index < -0.39 is 0 Å². The topological polar surface area (TPSA) is 110 Å². The van der Waals surface area contributed by atoms with Crippen LogP contribution in [0.15, 0.2) is 0 Å². The number of hydrogen-bond donors (Lipinski definition) is 3. The van der Waals surface area contributed by atoms with Gasteiger partial charge in [-0.3, -0.25) is 4.79 Å². The van der Waals surface area contributed by atoms with Crippen LogP contribution in [-0.4, -0.2) is 32.6 Å². The number of H-pyrrole nitrogens is 1. The molecule has 0 spiro atoms. The molecule has 0 saturated heterocycles. The Balaban J connectivity index is 0.00000180. The molecule has 1 aliphatic rings. The monoisotopic (exact) mass is 288 g/mol. The third kappa shape index (κ3) is 4.14.